The number of aliphatic hydroxyl groups is 4. The third kappa shape index (κ3) is 8.84. The molecule has 0 aromatic carbocycles. The molecule has 0 fully saturated rings. The molecule has 20 heavy (non-hydrogen) atoms. The van der Waals surface area contributed by atoms with E-state index in [1.807, 2.05) is 0 Å². The normalized spacial score (nSPS) is 12.0. The summed E-state index contributed by atoms with van der Waals surface area (Å²) in [7, 11) is 0. The van der Waals surface area contributed by atoms with Gasteiger partial charge in [-0.3, -0.25) is 9.80 Å². The van der Waals surface area contributed by atoms with Crippen molar-refractivity contribution in [3.05, 3.63) is 0 Å². The van der Waals surface area contributed by atoms with Crippen LogP contribution in [0.3, 0.4) is 0 Å². The zero-order valence-corrected chi connectivity index (χ0v) is 12.7. The quantitative estimate of drug-likeness (QED) is 0.322. The molecular formula is C14H32N2O4. The van der Waals surface area contributed by atoms with Gasteiger partial charge >= 0.3 is 0 Å². The van der Waals surface area contributed by atoms with Gasteiger partial charge in [-0.2, -0.15) is 0 Å². The molecule has 0 aromatic rings. The Morgan fingerprint density at radius 2 is 0.850 bits per heavy atom. The molecule has 0 aromatic heterocycles. The van der Waals surface area contributed by atoms with Crippen molar-refractivity contribution < 1.29 is 20.4 Å². The van der Waals surface area contributed by atoms with Crippen molar-refractivity contribution in [1.82, 2.24) is 9.80 Å². The van der Waals surface area contributed by atoms with Crippen molar-refractivity contribution in [3.63, 3.8) is 0 Å². The van der Waals surface area contributed by atoms with E-state index in [1.54, 1.807) is 0 Å². The van der Waals surface area contributed by atoms with Gasteiger partial charge in [0.15, 0.2) is 0 Å². The fraction of sp³-hybridized carbons (Fsp3) is 1.00. The third-order valence-corrected chi connectivity index (χ3v) is 3.47. The first-order valence-electron chi connectivity index (χ1n) is 7.62. The van der Waals surface area contributed by atoms with Crippen molar-refractivity contribution >= 4 is 0 Å². The van der Waals surface area contributed by atoms with E-state index < -0.39 is 0 Å². The Balaban J connectivity index is 4.49. The second-order valence-electron chi connectivity index (χ2n) is 5.01. The number of nitrogens with zero attached hydrogens (tertiary/aromatic N) is 2. The molecule has 122 valence electrons. The van der Waals surface area contributed by atoms with Gasteiger partial charge in [-0.25, -0.2) is 0 Å². The van der Waals surface area contributed by atoms with E-state index in [0.29, 0.717) is 25.7 Å². The summed E-state index contributed by atoms with van der Waals surface area (Å²) in [6.45, 7) is 5.89. The molecule has 6 heteroatoms. The van der Waals surface area contributed by atoms with E-state index in [-0.39, 0.29) is 32.6 Å². The maximum absolute atomic E-state index is 8.99. The lowest BCUT2D eigenvalue weighted by Crippen LogP contribution is -2.48. The smallest absolute Gasteiger partial charge is 0.0593 e. The molecule has 0 rings (SSSR count). The fourth-order valence-corrected chi connectivity index (χ4v) is 2.30. The van der Waals surface area contributed by atoms with Crippen LogP contribution in [0, 0.1) is 0 Å². The van der Waals surface area contributed by atoms with Gasteiger partial charge in [0.1, 0.15) is 0 Å². The Bertz CT molecular complexity index is 172. The first-order valence-corrected chi connectivity index (χ1v) is 7.62. The first kappa shape index (κ1) is 19.8. The second-order valence-corrected chi connectivity index (χ2v) is 5.01. The van der Waals surface area contributed by atoms with Gasteiger partial charge in [-0.05, 0) is 32.6 Å². The molecule has 0 saturated heterocycles. The Morgan fingerprint density at radius 3 is 1.05 bits per heavy atom. The summed E-state index contributed by atoms with van der Waals surface area (Å²) in [5.41, 5.74) is 0. The van der Waals surface area contributed by atoms with Crippen LogP contribution in [-0.2, 0) is 0 Å². The lowest BCUT2D eigenvalue weighted by atomic mass is 10.2. The van der Waals surface area contributed by atoms with E-state index in [9.17, 15) is 0 Å². The summed E-state index contributed by atoms with van der Waals surface area (Å²) in [5.74, 6) is 0. The van der Waals surface area contributed by atoms with Crippen molar-refractivity contribution in [2.24, 2.45) is 0 Å². The molecule has 0 saturated carbocycles. The molecule has 0 atom stereocenters. The summed E-state index contributed by atoms with van der Waals surface area (Å²) >= 11 is 0. The molecule has 6 nitrogen and oxygen atoms in total. The van der Waals surface area contributed by atoms with E-state index in [1.165, 1.54) is 0 Å². The van der Waals surface area contributed by atoms with Crippen molar-refractivity contribution in [2.45, 2.75) is 38.8 Å². The Kier molecular flexibility index (Phi) is 13.6. The highest BCUT2D eigenvalue weighted by Gasteiger charge is 2.19. The fourth-order valence-electron chi connectivity index (χ4n) is 2.30. The number of hydrogen-bond acceptors (Lipinski definition) is 6. The van der Waals surface area contributed by atoms with Gasteiger partial charge in [0.05, 0.1) is 6.17 Å². The van der Waals surface area contributed by atoms with Crippen LogP contribution in [0.4, 0.5) is 0 Å². The van der Waals surface area contributed by atoms with E-state index >= 15 is 0 Å². The highest BCUT2D eigenvalue weighted by atomic mass is 16.3. The Morgan fingerprint density at radius 1 is 0.600 bits per heavy atom. The van der Waals surface area contributed by atoms with Crippen LogP contribution in [0.2, 0.25) is 0 Å². The number of hydrogen-bond donors (Lipinski definition) is 4. The standard InChI is InChI=1S/C14H32N2O4/c1-14(15(6-2-10-17)7-3-11-18)16(8-4-12-19)9-5-13-20/h14,17-20H,2-13H2,1H3. The molecule has 0 spiro atoms. The van der Waals surface area contributed by atoms with Crippen LogP contribution < -0.4 is 0 Å². The Hall–Kier alpha value is -0.240. The highest BCUT2D eigenvalue weighted by Crippen LogP contribution is 2.09. The van der Waals surface area contributed by atoms with Crippen LogP contribution in [-0.4, -0.2) is 89.0 Å². The molecule has 0 aliphatic carbocycles. The van der Waals surface area contributed by atoms with E-state index in [0.717, 1.165) is 26.2 Å². The first-order chi connectivity index (χ1) is 9.71. The van der Waals surface area contributed by atoms with E-state index in [4.69, 9.17) is 20.4 Å². The predicted molar refractivity (Wildman–Crippen MR) is 79.4 cm³/mol. The molecule has 0 amide bonds. The minimum absolute atomic E-state index is 0.162. The SMILES string of the molecule is CC(N(CCCO)CCCO)N(CCCO)CCCO. The molecule has 4 N–H and O–H groups in total. The van der Waals surface area contributed by atoms with Gasteiger partial charge in [0.25, 0.3) is 0 Å². The molecule has 0 bridgehead atoms. The van der Waals surface area contributed by atoms with Gasteiger partial charge in [-0.15, -0.1) is 0 Å². The summed E-state index contributed by atoms with van der Waals surface area (Å²) in [6.07, 6.45) is 3.02. The third-order valence-electron chi connectivity index (χ3n) is 3.47. The Labute approximate surface area is 122 Å². The van der Waals surface area contributed by atoms with Crippen LogP contribution in [0.5, 0.6) is 0 Å². The monoisotopic (exact) mass is 292 g/mol. The number of aliphatic hydroxyl groups excluding tert-OH is 4. The van der Waals surface area contributed by atoms with Crippen molar-refractivity contribution in [1.29, 1.82) is 0 Å². The minimum atomic E-state index is 0.162. The predicted octanol–water partition coefficient (Wildman–Crippen LogP) is -0.534. The van der Waals surface area contributed by atoms with Crippen LogP contribution in [0.1, 0.15) is 32.6 Å². The van der Waals surface area contributed by atoms with Crippen LogP contribution in [0.25, 0.3) is 0 Å². The summed E-state index contributed by atoms with van der Waals surface area (Å²) in [6, 6.07) is 0. The van der Waals surface area contributed by atoms with Crippen LogP contribution >= 0.6 is 0 Å². The lowest BCUT2D eigenvalue weighted by Gasteiger charge is -2.37. The number of rotatable bonds is 14. The van der Waals surface area contributed by atoms with Gasteiger partial charge in [0.2, 0.25) is 0 Å². The average Bonchev–Trinajstić information content (AvgIpc) is 2.47. The molecule has 0 aliphatic heterocycles. The summed E-state index contributed by atoms with van der Waals surface area (Å²) in [5, 5.41) is 36.0. The molecule has 0 unspecified atom stereocenters. The lowest BCUT2D eigenvalue weighted by molar-refractivity contribution is 0.0378. The zero-order valence-electron chi connectivity index (χ0n) is 12.7. The van der Waals surface area contributed by atoms with E-state index in [2.05, 4.69) is 16.7 Å². The summed E-state index contributed by atoms with van der Waals surface area (Å²) < 4.78 is 0. The maximum atomic E-state index is 8.99. The molecule has 0 aliphatic rings. The minimum Gasteiger partial charge on any atom is -0.396 e. The van der Waals surface area contributed by atoms with Gasteiger partial charge in [-0.1, -0.05) is 0 Å². The average molecular weight is 292 g/mol. The van der Waals surface area contributed by atoms with Gasteiger partial charge in [0, 0.05) is 52.6 Å². The molecule has 0 radical (unpaired) electrons. The van der Waals surface area contributed by atoms with Crippen LogP contribution in [0.15, 0.2) is 0 Å². The topological polar surface area (TPSA) is 87.4 Å². The molecule has 0 heterocycles. The zero-order chi connectivity index (χ0) is 15.2. The maximum Gasteiger partial charge on any atom is 0.0593 e. The van der Waals surface area contributed by atoms with Gasteiger partial charge < -0.3 is 20.4 Å². The summed E-state index contributed by atoms with van der Waals surface area (Å²) in [4.78, 5) is 4.47. The largest absolute Gasteiger partial charge is 0.396 e. The van der Waals surface area contributed by atoms with Crippen molar-refractivity contribution in [2.75, 3.05) is 52.6 Å². The van der Waals surface area contributed by atoms with Crippen molar-refractivity contribution in [3.8, 4) is 0 Å². The second kappa shape index (κ2) is 13.7. The highest BCUT2D eigenvalue weighted by molar-refractivity contribution is 4.70. The molecular weight excluding hydrogens is 260 g/mol.